The molecule has 6 heteroatoms. The van der Waals surface area contributed by atoms with E-state index in [-0.39, 0.29) is 18.0 Å². The van der Waals surface area contributed by atoms with Crippen molar-refractivity contribution in [3.63, 3.8) is 0 Å². The smallest absolute Gasteiger partial charge is 0.317 e. The maximum absolute atomic E-state index is 12.3. The van der Waals surface area contributed by atoms with E-state index in [2.05, 4.69) is 17.1 Å². The van der Waals surface area contributed by atoms with Crippen LogP contribution >= 0.6 is 0 Å². The van der Waals surface area contributed by atoms with Crippen LogP contribution in [-0.4, -0.2) is 65.2 Å². The highest BCUT2D eigenvalue weighted by Gasteiger charge is 2.36. The summed E-state index contributed by atoms with van der Waals surface area (Å²) in [5, 5.41) is 11.7. The fourth-order valence-corrected chi connectivity index (χ4v) is 3.30. The Labute approximate surface area is 126 Å². The van der Waals surface area contributed by atoms with Crippen molar-refractivity contribution in [2.45, 2.75) is 51.6 Å². The summed E-state index contributed by atoms with van der Waals surface area (Å²) in [6.07, 6.45) is 3.73. The number of amides is 2. The molecule has 6 nitrogen and oxygen atoms in total. The van der Waals surface area contributed by atoms with Gasteiger partial charge in [0.2, 0.25) is 0 Å². The van der Waals surface area contributed by atoms with Gasteiger partial charge in [0.15, 0.2) is 0 Å². The summed E-state index contributed by atoms with van der Waals surface area (Å²) in [7, 11) is 0. The Kier molecular flexibility index (Phi) is 5.45. The third-order valence-corrected chi connectivity index (χ3v) is 4.71. The molecule has 120 valence electrons. The zero-order valence-corrected chi connectivity index (χ0v) is 13.0. The molecule has 0 bridgehead atoms. The van der Waals surface area contributed by atoms with E-state index in [1.54, 1.807) is 6.92 Å². The molecule has 0 aromatic heterocycles. The first-order valence-electron chi connectivity index (χ1n) is 8.00. The van der Waals surface area contributed by atoms with E-state index < -0.39 is 5.97 Å². The van der Waals surface area contributed by atoms with Gasteiger partial charge in [-0.2, -0.15) is 0 Å². The average Bonchev–Trinajstić information content (AvgIpc) is 2.88. The van der Waals surface area contributed by atoms with Gasteiger partial charge in [0.25, 0.3) is 0 Å². The molecule has 0 radical (unpaired) electrons. The first-order chi connectivity index (χ1) is 9.99. The van der Waals surface area contributed by atoms with E-state index in [0.717, 1.165) is 19.6 Å². The molecule has 0 aromatic carbocycles. The normalized spacial score (nSPS) is 27.2. The summed E-state index contributed by atoms with van der Waals surface area (Å²) in [4.78, 5) is 27.4. The van der Waals surface area contributed by atoms with Crippen molar-refractivity contribution in [1.82, 2.24) is 15.1 Å². The Hall–Kier alpha value is -1.30. The molecular weight excluding hydrogens is 270 g/mol. The minimum atomic E-state index is -0.771. The topological polar surface area (TPSA) is 72.9 Å². The molecular formula is C15H27N3O3. The predicted molar refractivity (Wildman–Crippen MR) is 80.2 cm³/mol. The number of nitrogens with zero attached hydrogens (tertiary/aromatic N) is 2. The molecule has 2 fully saturated rings. The number of carboxylic acids is 1. The van der Waals surface area contributed by atoms with Gasteiger partial charge < -0.3 is 15.3 Å². The maximum Gasteiger partial charge on any atom is 0.317 e. The zero-order chi connectivity index (χ0) is 15.4. The molecule has 0 spiro atoms. The van der Waals surface area contributed by atoms with Crippen LogP contribution in [0.4, 0.5) is 4.79 Å². The second-order valence-corrected chi connectivity index (χ2v) is 6.41. The van der Waals surface area contributed by atoms with Crippen LogP contribution in [-0.2, 0) is 4.79 Å². The van der Waals surface area contributed by atoms with E-state index in [0.29, 0.717) is 25.4 Å². The highest BCUT2D eigenvalue weighted by molar-refractivity contribution is 5.74. The lowest BCUT2D eigenvalue weighted by molar-refractivity contribution is -0.141. The van der Waals surface area contributed by atoms with Crippen molar-refractivity contribution in [2.75, 3.05) is 26.2 Å². The van der Waals surface area contributed by atoms with Crippen LogP contribution in [0, 0.1) is 5.92 Å². The molecule has 2 saturated heterocycles. The number of aliphatic carboxylic acids is 1. The molecule has 2 aliphatic heterocycles. The van der Waals surface area contributed by atoms with E-state index in [9.17, 15) is 9.59 Å². The highest BCUT2D eigenvalue weighted by atomic mass is 16.4. The van der Waals surface area contributed by atoms with Gasteiger partial charge in [-0.1, -0.05) is 6.92 Å². The summed E-state index contributed by atoms with van der Waals surface area (Å²) in [5.74, 6) is -1.12. The number of nitrogens with one attached hydrogen (secondary N) is 1. The van der Waals surface area contributed by atoms with Crippen LogP contribution in [0.15, 0.2) is 0 Å². The Morgan fingerprint density at radius 1 is 1.38 bits per heavy atom. The lowest BCUT2D eigenvalue weighted by Gasteiger charge is -2.42. The van der Waals surface area contributed by atoms with E-state index in [1.165, 1.54) is 12.8 Å². The second kappa shape index (κ2) is 7.11. The van der Waals surface area contributed by atoms with Gasteiger partial charge in [0.1, 0.15) is 0 Å². The molecule has 2 amide bonds. The summed E-state index contributed by atoms with van der Waals surface area (Å²) >= 11 is 0. The number of fused-ring (bicyclic) bond motifs is 1. The van der Waals surface area contributed by atoms with Gasteiger partial charge in [-0.25, -0.2) is 4.79 Å². The molecule has 2 rings (SSSR count). The minimum Gasteiger partial charge on any atom is -0.481 e. The number of carbonyl (C=O) groups is 2. The van der Waals surface area contributed by atoms with Crippen LogP contribution in [0.3, 0.4) is 0 Å². The summed E-state index contributed by atoms with van der Waals surface area (Å²) in [6.45, 7) is 7.30. The van der Waals surface area contributed by atoms with Crippen LogP contribution in [0.5, 0.6) is 0 Å². The third kappa shape index (κ3) is 4.09. The number of piperazine rings is 1. The monoisotopic (exact) mass is 297 g/mol. The molecule has 2 aliphatic rings. The molecule has 21 heavy (non-hydrogen) atoms. The number of hydrogen-bond donors (Lipinski definition) is 2. The molecule has 0 aliphatic carbocycles. The Balaban J connectivity index is 1.71. The van der Waals surface area contributed by atoms with Crippen molar-refractivity contribution in [1.29, 1.82) is 0 Å². The van der Waals surface area contributed by atoms with Crippen molar-refractivity contribution in [3.8, 4) is 0 Å². The van der Waals surface area contributed by atoms with E-state index >= 15 is 0 Å². The molecule has 3 unspecified atom stereocenters. The fraction of sp³-hybridized carbons (Fsp3) is 0.867. The molecule has 0 aromatic rings. The van der Waals surface area contributed by atoms with Gasteiger partial charge in [-0.05, 0) is 39.2 Å². The molecule has 2 heterocycles. The first kappa shape index (κ1) is 16.1. The van der Waals surface area contributed by atoms with Crippen LogP contribution in [0.25, 0.3) is 0 Å². The second-order valence-electron chi connectivity index (χ2n) is 6.41. The first-order valence-corrected chi connectivity index (χ1v) is 8.00. The molecule has 0 saturated carbocycles. The van der Waals surface area contributed by atoms with Gasteiger partial charge in [-0.3, -0.25) is 9.69 Å². The number of rotatable bonds is 5. The van der Waals surface area contributed by atoms with Crippen LogP contribution < -0.4 is 5.32 Å². The maximum atomic E-state index is 12.3. The number of hydrogen-bond acceptors (Lipinski definition) is 3. The van der Waals surface area contributed by atoms with Crippen molar-refractivity contribution in [2.24, 2.45) is 5.92 Å². The lowest BCUT2D eigenvalue weighted by Crippen LogP contribution is -2.58. The number of carboxylic acid groups (broad SMARTS) is 1. The quantitative estimate of drug-likeness (QED) is 0.752. The summed E-state index contributed by atoms with van der Waals surface area (Å²) in [5.41, 5.74) is 0. The third-order valence-electron chi connectivity index (χ3n) is 4.71. The van der Waals surface area contributed by atoms with E-state index in [1.807, 2.05) is 4.90 Å². The van der Waals surface area contributed by atoms with E-state index in [4.69, 9.17) is 5.11 Å². The predicted octanol–water partition coefficient (Wildman–Crippen LogP) is 1.37. The zero-order valence-electron chi connectivity index (χ0n) is 13.0. The van der Waals surface area contributed by atoms with Gasteiger partial charge >= 0.3 is 12.0 Å². The average molecular weight is 297 g/mol. The van der Waals surface area contributed by atoms with Crippen LogP contribution in [0.2, 0.25) is 0 Å². The highest BCUT2D eigenvalue weighted by Crippen LogP contribution is 2.24. The van der Waals surface area contributed by atoms with Gasteiger partial charge in [-0.15, -0.1) is 0 Å². The fourth-order valence-electron chi connectivity index (χ4n) is 3.30. The number of carbonyl (C=O) groups excluding carboxylic acids is 1. The van der Waals surface area contributed by atoms with Gasteiger partial charge in [0.05, 0.1) is 5.92 Å². The molecule has 3 atom stereocenters. The van der Waals surface area contributed by atoms with Gasteiger partial charge in [0, 0.05) is 31.7 Å². The summed E-state index contributed by atoms with van der Waals surface area (Å²) in [6, 6.07) is 0.772. The minimum absolute atomic E-state index is 0.00275. The largest absolute Gasteiger partial charge is 0.481 e. The van der Waals surface area contributed by atoms with Crippen molar-refractivity contribution < 1.29 is 14.7 Å². The van der Waals surface area contributed by atoms with Crippen LogP contribution in [0.1, 0.15) is 39.5 Å². The Morgan fingerprint density at radius 3 is 2.86 bits per heavy atom. The molecule has 2 N–H and O–H groups in total. The lowest BCUT2D eigenvalue weighted by atomic mass is 10.1. The Bertz CT molecular complexity index is 388. The van der Waals surface area contributed by atoms with Crippen molar-refractivity contribution >= 4 is 12.0 Å². The SMILES string of the molecule is CC(CCCNC(=O)N1CC2CCCN2CC1C)C(=O)O. The Morgan fingerprint density at radius 2 is 2.14 bits per heavy atom. The van der Waals surface area contributed by atoms with Crippen molar-refractivity contribution in [3.05, 3.63) is 0 Å². The number of urea groups is 1. The summed E-state index contributed by atoms with van der Waals surface area (Å²) < 4.78 is 0. The standard InChI is InChI=1S/C15H27N3O3/c1-11(14(19)20)5-3-7-16-15(21)18-10-13-6-4-8-17(13)9-12(18)2/h11-13H,3-10H2,1-2H3,(H,16,21)(H,19,20).